The van der Waals surface area contributed by atoms with Gasteiger partial charge in [-0.2, -0.15) is 0 Å². The van der Waals surface area contributed by atoms with Gasteiger partial charge in [-0.1, -0.05) is 29.8 Å². The maximum absolute atomic E-state index is 12.0. The number of carbonyl (C=O) groups excluding carboxylic acids is 1. The van der Waals surface area contributed by atoms with E-state index in [0.29, 0.717) is 17.4 Å². The van der Waals surface area contributed by atoms with E-state index in [-0.39, 0.29) is 5.91 Å². The second-order valence-corrected chi connectivity index (χ2v) is 6.68. The number of rotatable bonds is 5. The lowest BCUT2D eigenvalue weighted by atomic mass is 10.2. The van der Waals surface area contributed by atoms with Crippen LogP contribution in [0.3, 0.4) is 0 Å². The van der Waals surface area contributed by atoms with Gasteiger partial charge >= 0.3 is 5.97 Å². The molecule has 1 atom stereocenters. The lowest BCUT2D eigenvalue weighted by Crippen LogP contribution is -2.42. The zero-order valence-electron chi connectivity index (χ0n) is 11.2. The number of nitrogens with zero attached hydrogens (tertiary/aromatic N) is 1. The van der Waals surface area contributed by atoms with E-state index in [1.807, 2.05) is 25.1 Å². The van der Waals surface area contributed by atoms with Crippen molar-refractivity contribution in [3.05, 3.63) is 35.4 Å². The Morgan fingerprint density at radius 1 is 1.50 bits per heavy atom. The van der Waals surface area contributed by atoms with E-state index in [2.05, 4.69) is 6.07 Å². The molecule has 1 aliphatic heterocycles. The molecule has 0 bridgehead atoms. The van der Waals surface area contributed by atoms with Crippen molar-refractivity contribution >= 4 is 35.4 Å². The number of aliphatic carboxylic acids is 1. The molecule has 1 saturated heterocycles. The summed E-state index contributed by atoms with van der Waals surface area (Å²) < 4.78 is 0. The third-order valence-electron chi connectivity index (χ3n) is 3.06. The van der Waals surface area contributed by atoms with Crippen LogP contribution in [0.5, 0.6) is 0 Å². The first-order chi connectivity index (χ1) is 9.58. The number of benzene rings is 1. The molecule has 6 heteroatoms. The molecular formula is C14H17NO3S2. The largest absolute Gasteiger partial charge is 0.480 e. The number of carboxylic acids is 1. The fraction of sp³-hybridized carbons (Fsp3) is 0.429. The lowest BCUT2D eigenvalue weighted by Gasteiger charge is -2.20. The number of amides is 1. The van der Waals surface area contributed by atoms with E-state index < -0.39 is 12.0 Å². The quantitative estimate of drug-likeness (QED) is 0.903. The Morgan fingerprint density at radius 3 is 3.00 bits per heavy atom. The predicted octanol–water partition coefficient (Wildman–Crippen LogP) is 2.21. The molecule has 4 nitrogen and oxygen atoms in total. The maximum Gasteiger partial charge on any atom is 0.327 e. The van der Waals surface area contributed by atoms with Crippen molar-refractivity contribution in [2.24, 2.45) is 0 Å². The summed E-state index contributed by atoms with van der Waals surface area (Å²) in [5.41, 5.74) is 2.39. The van der Waals surface area contributed by atoms with E-state index in [9.17, 15) is 9.59 Å². The Kier molecular flexibility index (Phi) is 5.37. The van der Waals surface area contributed by atoms with E-state index in [0.717, 1.165) is 5.75 Å². The lowest BCUT2D eigenvalue weighted by molar-refractivity contribution is -0.146. The van der Waals surface area contributed by atoms with Crippen LogP contribution in [0.2, 0.25) is 0 Å². The van der Waals surface area contributed by atoms with Gasteiger partial charge in [-0.25, -0.2) is 4.79 Å². The average Bonchev–Trinajstić information content (AvgIpc) is 2.88. The first-order valence-corrected chi connectivity index (χ1v) is 8.62. The topological polar surface area (TPSA) is 57.6 Å². The molecule has 2 rings (SSSR count). The van der Waals surface area contributed by atoms with Crippen molar-refractivity contribution in [1.82, 2.24) is 4.90 Å². The molecule has 1 fully saturated rings. The van der Waals surface area contributed by atoms with Crippen molar-refractivity contribution in [2.45, 2.75) is 18.7 Å². The SMILES string of the molecule is Cc1cccc(CSCC(=O)N2CSC[C@H]2C(=O)O)c1. The number of carbonyl (C=O) groups is 2. The first kappa shape index (κ1) is 15.3. The summed E-state index contributed by atoms with van der Waals surface area (Å²) >= 11 is 3.02. The first-order valence-electron chi connectivity index (χ1n) is 6.31. The second-order valence-electron chi connectivity index (χ2n) is 4.70. The van der Waals surface area contributed by atoms with Crippen LogP contribution in [-0.4, -0.2) is 45.3 Å². The van der Waals surface area contributed by atoms with Crippen LogP contribution in [-0.2, 0) is 15.3 Å². The summed E-state index contributed by atoms with van der Waals surface area (Å²) in [6, 6.07) is 7.52. The Bertz CT molecular complexity index is 507. The molecule has 0 unspecified atom stereocenters. The Balaban J connectivity index is 1.82. The zero-order chi connectivity index (χ0) is 14.5. The van der Waals surface area contributed by atoms with Gasteiger partial charge in [0.2, 0.25) is 5.91 Å². The molecule has 20 heavy (non-hydrogen) atoms. The Labute approximate surface area is 126 Å². The van der Waals surface area contributed by atoms with E-state index in [4.69, 9.17) is 5.11 Å². The highest BCUT2D eigenvalue weighted by atomic mass is 32.2. The molecule has 108 valence electrons. The smallest absolute Gasteiger partial charge is 0.327 e. The van der Waals surface area contributed by atoms with E-state index >= 15 is 0 Å². The number of hydrogen-bond donors (Lipinski definition) is 1. The van der Waals surface area contributed by atoms with Crippen LogP contribution in [0.25, 0.3) is 0 Å². The van der Waals surface area contributed by atoms with Crippen molar-refractivity contribution in [3.8, 4) is 0 Å². The van der Waals surface area contributed by atoms with Crippen LogP contribution in [0.4, 0.5) is 0 Å². The van der Waals surface area contributed by atoms with Crippen molar-refractivity contribution in [1.29, 1.82) is 0 Å². The molecule has 0 aliphatic carbocycles. The second kappa shape index (κ2) is 7.04. The van der Waals surface area contributed by atoms with Gasteiger partial charge in [0.15, 0.2) is 0 Å². The number of carboxylic acid groups (broad SMARTS) is 1. The minimum absolute atomic E-state index is 0.0833. The average molecular weight is 311 g/mol. The van der Waals surface area contributed by atoms with E-state index in [1.54, 1.807) is 0 Å². The molecule has 0 saturated carbocycles. The van der Waals surface area contributed by atoms with Crippen molar-refractivity contribution in [2.75, 3.05) is 17.4 Å². The molecule has 0 aromatic heterocycles. The minimum Gasteiger partial charge on any atom is -0.480 e. The highest BCUT2D eigenvalue weighted by molar-refractivity contribution is 7.99. The van der Waals surface area contributed by atoms with Crippen LogP contribution >= 0.6 is 23.5 Å². The van der Waals surface area contributed by atoms with Crippen LogP contribution < -0.4 is 0 Å². The summed E-state index contributed by atoms with van der Waals surface area (Å²) in [6.45, 7) is 2.04. The normalized spacial score (nSPS) is 18.2. The highest BCUT2D eigenvalue weighted by Crippen LogP contribution is 2.23. The number of aryl methyl sites for hydroxylation is 1. The predicted molar refractivity (Wildman–Crippen MR) is 82.9 cm³/mol. The highest BCUT2D eigenvalue weighted by Gasteiger charge is 2.34. The van der Waals surface area contributed by atoms with Gasteiger partial charge in [0.05, 0.1) is 11.6 Å². The molecule has 0 spiro atoms. The third kappa shape index (κ3) is 3.93. The molecular weight excluding hydrogens is 294 g/mol. The standard InChI is InChI=1S/C14H17NO3S2/c1-10-3-2-4-11(5-10)6-19-8-13(16)15-9-20-7-12(15)14(17)18/h2-5,12H,6-9H2,1H3,(H,17,18)/t12-/m0/s1. The third-order valence-corrected chi connectivity index (χ3v) is 5.07. The number of thioether (sulfide) groups is 2. The molecule has 1 aliphatic rings. The number of hydrogen-bond acceptors (Lipinski definition) is 4. The summed E-state index contributed by atoms with van der Waals surface area (Å²) in [6.07, 6.45) is 0. The summed E-state index contributed by atoms with van der Waals surface area (Å²) in [5, 5.41) is 9.05. The Hall–Kier alpha value is -1.14. The molecule has 1 heterocycles. The Morgan fingerprint density at radius 2 is 2.30 bits per heavy atom. The van der Waals surface area contributed by atoms with Crippen LogP contribution in [0, 0.1) is 6.92 Å². The molecule has 1 amide bonds. The van der Waals surface area contributed by atoms with Gasteiger partial charge in [-0.05, 0) is 12.5 Å². The van der Waals surface area contributed by atoms with Crippen molar-refractivity contribution in [3.63, 3.8) is 0 Å². The van der Waals surface area contributed by atoms with Crippen molar-refractivity contribution < 1.29 is 14.7 Å². The minimum atomic E-state index is -0.910. The fourth-order valence-electron chi connectivity index (χ4n) is 2.03. The maximum atomic E-state index is 12.0. The monoisotopic (exact) mass is 311 g/mol. The van der Waals surface area contributed by atoms with Gasteiger partial charge in [-0.3, -0.25) is 4.79 Å². The van der Waals surface area contributed by atoms with Gasteiger partial charge < -0.3 is 10.0 Å². The van der Waals surface area contributed by atoms with Crippen LogP contribution in [0.1, 0.15) is 11.1 Å². The van der Waals surface area contributed by atoms with Gasteiger partial charge in [0.25, 0.3) is 0 Å². The summed E-state index contributed by atoms with van der Waals surface area (Å²) in [7, 11) is 0. The summed E-state index contributed by atoms with van der Waals surface area (Å²) in [4.78, 5) is 24.5. The van der Waals surface area contributed by atoms with Gasteiger partial charge in [-0.15, -0.1) is 23.5 Å². The zero-order valence-corrected chi connectivity index (χ0v) is 12.9. The molecule has 1 N–H and O–H groups in total. The van der Waals surface area contributed by atoms with Gasteiger partial charge in [0, 0.05) is 11.5 Å². The molecule has 1 aromatic carbocycles. The van der Waals surface area contributed by atoms with Gasteiger partial charge in [0.1, 0.15) is 6.04 Å². The molecule has 0 radical (unpaired) electrons. The fourth-order valence-corrected chi connectivity index (χ4v) is 4.06. The van der Waals surface area contributed by atoms with Crippen LogP contribution in [0.15, 0.2) is 24.3 Å². The van der Waals surface area contributed by atoms with E-state index in [1.165, 1.54) is 39.6 Å². The summed E-state index contributed by atoms with van der Waals surface area (Å²) in [5.74, 6) is 1.08. The molecule has 1 aromatic rings.